The summed E-state index contributed by atoms with van der Waals surface area (Å²) in [7, 11) is 1.78. The van der Waals surface area contributed by atoms with E-state index in [1.165, 1.54) is 12.1 Å². The number of anilines is 2. The van der Waals surface area contributed by atoms with E-state index in [0.29, 0.717) is 29.3 Å². The first kappa shape index (κ1) is 31.4. The zero-order valence-electron chi connectivity index (χ0n) is 25.4. The van der Waals surface area contributed by atoms with Gasteiger partial charge in [-0.3, -0.25) is 14.6 Å². The fourth-order valence-electron chi connectivity index (χ4n) is 6.58. The van der Waals surface area contributed by atoms with Crippen LogP contribution in [0.4, 0.5) is 29.6 Å². The van der Waals surface area contributed by atoms with Gasteiger partial charge >= 0.3 is 12.3 Å². The number of nitriles is 1. The quantitative estimate of drug-likeness (QED) is 0.361. The lowest BCUT2D eigenvalue weighted by Crippen LogP contribution is -2.49. The number of pyridine rings is 1. The lowest BCUT2D eigenvalue weighted by atomic mass is 9.75. The highest BCUT2D eigenvalue weighted by molar-refractivity contribution is 6.10. The Bertz CT molecular complexity index is 1710. The SMILES string of the molecule is C[C@H]1CCCN(Cc2cc3c(c(C(F)(F)F)c2)CN(c2cc(C4(Cc5nncn5C)COC4)cc(N(CC#N)C(=O)O)n2)C3=O)C1. The van der Waals surface area contributed by atoms with Gasteiger partial charge in [0, 0.05) is 37.5 Å². The van der Waals surface area contributed by atoms with Crippen molar-refractivity contribution in [2.75, 3.05) is 42.6 Å². The van der Waals surface area contributed by atoms with E-state index in [-0.39, 0.29) is 42.5 Å². The molecule has 2 saturated heterocycles. The van der Waals surface area contributed by atoms with Crippen LogP contribution < -0.4 is 9.80 Å². The highest BCUT2D eigenvalue weighted by Gasteiger charge is 2.45. The van der Waals surface area contributed by atoms with E-state index < -0.39 is 42.2 Å². The Kier molecular flexibility index (Phi) is 8.20. The van der Waals surface area contributed by atoms with Crippen molar-refractivity contribution in [3.8, 4) is 6.07 Å². The Morgan fingerprint density at radius 2 is 2.04 bits per heavy atom. The van der Waals surface area contributed by atoms with Crippen molar-refractivity contribution < 1.29 is 32.6 Å². The maximum absolute atomic E-state index is 14.5. The number of piperidine rings is 1. The molecule has 1 atom stereocenters. The molecule has 3 aromatic rings. The molecule has 2 fully saturated rings. The number of hydrogen-bond donors (Lipinski definition) is 1. The van der Waals surface area contributed by atoms with Crippen molar-refractivity contribution in [3.63, 3.8) is 0 Å². The number of amides is 2. The number of halogens is 3. The molecule has 3 aliphatic rings. The summed E-state index contributed by atoms with van der Waals surface area (Å²) in [4.78, 5) is 34.5. The monoisotopic (exact) mass is 638 g/mol. The third kappa shape index (κ3) is 5.90. The first-order valence-electron chi connectivity index (χ1n) is 15.0. The number of ether oxygens (including phenoxy) is 1. The molecule has 1 aromatic carbocycles. The molecule has 2 amide bonds. The van der Waals surface area contributed by atoms with Gasteiger partial charge < -0.3 is 14.4 Å². The Hall–Kier alpha value is -4.55. The van der Waals surface area contributed by atoms with E-state index in [2.05, 4.69) is 27.0 Å². The third-order valence-corrected chi connectivity index (χ3v) is 9.04. The van der Waals surface area contributed by atoms with Crippen LogP contribution in [0.5, 0.6) is 0 Å². The van der Waals surface area contributed by atoms with Gasteiger partial charge in [-0.25, -0.2) is 14.7 Å². The van der Waals surface area contributed by atoms with Crippen LogP contribution in [0.25, 0.3) is 0 Å². The predicted octanol–water partition coefficient (Wildman–Crippen LogP) is 4.14. The molecule has 5 heterocycles. The number of fused-ring (bicyclic) bond motifs is 1. The van der Waals surface area contributed by atoms with Gasteiger partial charge in [0.1, 0.15) is 30.3 Å². The smallest absolute Gasteiger partial charge is 0.416 e. The average Bonchev–Trinajstić information content (AvgIpc) is 3.54. The summed E-state index contributed by atoms with van der Waals surface area (Å²) in [6.07, 6.45) is -2.24. The number of carboxylic acid groups (broad SMARTS) is 1. The zero-order valence-corrected chi connectivity index (χ0v) is 25.4. The molecule has 6 rings (SSSR count). The summed E-state index contributed by atoms with van der Waals surface area (Å²) < 4.78 is 50.7. The highest BCUT2D eigenvalue weighted by atomic mass is 19.4. The van der Waals surface area contributed by atoms with Gasteiger partial charge in [0.2, 0.25) is 0 Å². The molecule has 0 saturated carbocycles. The lowest BCUT2D eigenvalue weighted by Gasteiger charge is -2.42. The van der Waals surface area contributed by atoms with E-state index in [1.807, 2.05) is 0 Å². The second-order valence-electron chi connectivity index (χ2n) is 12.4. The Balaban J connectivity index is 1.42. The van der Waals surface area contributed by atoms with Gasteiger partial charge in [-0.05, 0) is 66.3 Å². The number of likely N-dealkylation sites (tertiary alicyclic amines) is 1. The minimum Gasteiger partial charge on any atom is -0.465 e. The molecular weight excluding hydrogens is 605 g/mol. The molecule has 46 heavy (non-hydrogen) atoms. The lowest BCUT2D eigenvalue weighted by molar-refractivity contribution is -0.138. The zero-order chi connectivity index (χ0) is 32.8. The second kappa shape index (κ2) is 12.0. The standard InChI is InChI=1S/C31H33F3N8O4/c1-19-4-3-6-40(13-19)14-20-8-22-23(24(9-20)31(32,33)34)15-42(28(22)43)26-11-21(10-25(37-26)41(7-5-35)29(44)45)30(16-46-17-30)12-27-38-36-18-39(27)2/h8-11,18-19H,3-4,6-7,12-17H2,1-2H3,(H,44,45)/t19-/m0/s1. The molecule has 0 aliphatic carbocycles. The Morgan fingerprint density at radius 3 is 2.65 bits per heavy atom. The molecule has 2 aromatic heterocycles. The molecule has 15 heteroatoms. The summed E-state index contributed by atoms with van der Waals surface area (Å²) in [6.45, 7) is 3.45. The first-order valence-corrected chi connectivity index (χ1v) is 15.0. The highest BCUT2D eigenvalue weighted by Crippen LogP contribution is 2.42. The molecule has 0 spiro atoms. The summed E-state index contributed by atoms with van der Waals surface area (Å²) in [5.74, 6) is 0.233. The number of benzene rings is 1. The van der Waals surface area contributed by atoms with Gasteiger partial charge in [0.05, 0.1) is 31.4 Å². The van der Waals surface area contributed by atoms with Crippen molar-refractivity contribution in [3.05, 3.63) is 64.2 Å². The van der Waals surface area contributed by atoms with Crippen LogP contribution in [0.1, 0.15) is 58.2 Å². The van der Waals surface area contributed by atoms with Crippen molar-refractivity contribution in [1.29, 1.82) is 5.26 Å². The van der Waals surface area contributed by atoms with E-state index in [4.69, 9.17) is 4.74 Å². The van der Waals surface area contributed by atoms with Crippen molar-refractivity contribution >= 4 is 23.6 Å². The fourth-order valence-corrected chi connectivity index (χ4v) is 6.58. The van der Waals surface area contributed by atoms with E-state index >= 15 is 0 Å². The van der Waals surface area contributed by atoms with Gasteiger partial charge in [-0.15, -0.1) is 10.2 Å². The van der Waals surface area contributed by atoms with Crippen molar-refractivity contribution in [2.45, 2.75) is 50.9 Å². The Labute approximate surface area is 263 Å². The number of aryl methyl sites for hydroxylation is 1. The number of rotatable bonds is 8. The average molecular weight is 639 g/mol. The predicted molar refractivity (Wildman–Crippen MR) is 158 cm³/mol. The molecule has 0 unspecified atom stereocenters. The van der Waals surface area contributed by atoms with Gasteiger partial charge in [-0.2, -0.15) is 18.4 Å². The van der Waals surface area contributed by atoms with Crippen LogP contribution in [0, 0.1) is 17.2 Å². The van der Waals surface area contributed by atoms with Crippen molar-refractivity contribution in [2.24, 2.45) is 13.0 Å². The third-order valence-electron chi connectivity index (χ3n) is 9.04. The molecular formula is C31H33F3N8O4. The normalized spacial score (nSPS) is 19.4. The number of carbonyl (C=O) groups is 2. The topological polar surface area (TPSA) is 141 Å². The molecule has 1 N–H and O–H groups in total. The molecule has 242 valence electrons. The summed E-state index contributed by atoms with van der Waals surface area (Å²) in [5, 5.41) is 27.3. The second-order valence-corrected chi connectivity index (χ2v) is 12.4. The number of aromatic nitrogens is 4. The van der Waals surface area contributed by atoms with E-state index in [0.717, 1.165) is 41.8 Å². The molecule has 0 bridgehead atoms. The molecule has 3 aliphatic heterocycles. The molecule has 0 radical (unpaired) electrons. The van der Waals surface area contributed by atoms with Gasteiger partial charge in [0.15, 0.2) is 0 Å². The minimum absolute atomic E-state index is 0.0262. The number of alkyl halides is 3. The van der Waals surface area contributed by atoms with Crippen LogP contribution in [0.2, 0.25) is 0 Å². The number of carbonyl (C=O) groups excluding carboxylic acids is 1. The maximum atomic E-state index is 14.5. The maximum Gasteiger partial charge on any atom is 0.416 e. The van der Waals surface area contributed by atoms with Gasteiger partial charge in [-0.1, -0.05) is 6.92 Å². The summed E-state index contributed by atoms with van der Waals surface area (Å²) in [5.41, 5.74) is -0.856. The van der Waals surface area contributed by atoms with E-state index in [1.54, 1.807) is 30.1 Å². The Morgan fingerprint density at radius 1 is 1.26 bits per heavy atom. The molecule has 12 nitrogen and oxygen atoms in total. The summed E-state index contributed by atoms with van der Waals surface area (Å²) >= 11 is 0. The van der Waals surface area contributed by atoms with Crippen LogP contribution in [0.15, 0.2) is 30.6 Å². The van der Waals surface area contributed by atoms with Crippen LogP contribution in [0.3, 0.4) is 0 Å². The van der Waals surface area contributed by atoms with E-state index in [9.17, 15) is 33.1 Å². The number of nitrogens with zero attached hydrogens (tertiary/aromatic N) is 8. The fraction of sp³-hybridized carbons (Fsp3) is 0.484. The van der Waals surface area contributed by atoms with Crippen LogP contribution >= 0.6 is 0 Å². The van der Waals surface area contributed by atoms with Gasteiger partial charge in [0.25, 0.3) is 5.91 Å². The first-order chi connectivity index (χ1) is 21.9. The van der Waals surface area contributed by atoms with Crippen LogP contribution in [-0.4, -0.2) is 74.6 Å². The number of hydrogen-bond acceptors (Lipinski definition) is 8. The largest absolute Gasteiger partial charge is 0.465 e. The summed E-state index contributed by atoms with van der Waals surface area (Å²) in [6, 6.07) is 7.57. The van der Waals surface area contributed by atoms with Crippen LogP contribution in [-0.2, 0) is 42.9 Å². The van der Waals surface area contributed by atoms with Crippen molar-refractivity contribution in [1.82, 2.24) is 24.6 Å². The minimum atomic E-state index is -4.71.